The van der Waals surface area contributed by atoms with Crippen LogP contribution >= 0.6 is 11.3 Å². The van der Waals surface area contributed by atoms with Crippen molar-refractivity contribution in [1.82, 2.24) is 15.2 Å². The Morgan fingerprint density at radius 2 is 1.97 bits per heavy atom. The lowest BCUT2D eigenvalue weighted by molar-refractivity contribution is 0.0690. The monoisotopic (exact) mass is 463 g/mol. The van der Waals surface area contributed by atoms with Gasteiger partial charge in [0.15, 0.2) is 0 Å². The lowest BCUT2D eigenvalue weighted by Crippen LogP contribution is -2.45. The fourth-order valence-electron chi connectivity index (χ4n) is 4.90. The van der Waals surface area contributed by atoms with Gasteiger partial charge in [0, 0.05) is 18.7 Å². The Morgan fingerprint density at radius 1 is 1.18 bits per heavy atom. The third-order valence-electron chi connectivity index (χ3n) is 6.76. The Hall–Kier alpha value is -3.06. The molecule has 5 rings (SSSR count). The molecule has 1 saturated carbocycles. The number of fused-ring (bicyclic) bond motifs is 1. The van der Waals surface area contributed by atoms with Gasteiger partial charge in [0.25, 0.3) is 11.8 Å². The summed E-state index contributed by atoms with van der Waals surface area (Å²) in [5.41, 5.74) is 3.28. The molecule has 0 bridgehead atoms. The van der Waals surface area contributed by atoms with Crippen molar-refractivity contribution in [2.75, 3.05) is 13.1 Å². The largest absolute Gasteiger partial charge is 0.350 e. The summed E-state index contributed by atoms with van der Waals surface area (Å²) in [6.45, 7) is 6.59. The predicted molar refractivity (Wildman–Crippen MR) is 127 cm³/mol. The van der Waals surface area contributed by atoms with Crippen LogP contribution in [-0.4, -0.2) is 40.8 Å². The molecule has 170 valence electrons. The molecule has 1 aliphatic carbocycles. The quantitative estimate of drug-likeness (QED) is 0.593. The van der Waals surface area contributed by atoms with Crippen molar-refractivity contribution in [3.63, 3.8) is 0 Å². The number of amides is 2. The number of rotatable bonds is 5. The minimum absolute atomic E-state index is 0.0762. The van der Waals surface area contributed by atoms with E-state index >= 15 is 0 Å². The molecule has 2 aromatic carbocycles. The zero-order valence-electron chi connectivity index (χ0n) is 18.9. The van der Waals surface area contributed by atoms with Gasteiger partial charge in [-0.3, -0.25) is 9.59 Å². The van der Waals surface area contributed by atoms with Gasteiger partial charge in [-0.05, 0) is 62.3 Å². The number of carbonyl (C=O) groups is 2. The molecule has 2 amide bonds. The first-order valence-electron chi connectivity index (χ1n) is 11.2. The molecule has 5 nitrogen and oxygen atoms in total. The normalized spacial score (nSPS) is 21.1. The number of nitrogens with zero attached hydrogens (tertiary/aromatic N) is 2. The van der Waals surface area contributed by atoms with E-state index in [0.717, 1.165) is 27.4 Å². The summed E-state index contributed by atoms with van der Waals surface area (Å²) in [5, 5.41) is 3.80. The molecule has 2 heterocycles. The average Bonchev–Trinajstić information content (AvgIpc) is 3.30. The Balaban J connectivity index is 1.36. The van der Waals surface area contributed by atoms with E-state index in [9.17, 15) is 14.0 Å². The van der Waals surface area contributed by atoms with E-state index in [4.69, 9.17) is 0 Å². The number of hydrogen-bond acceptors (Lipinski definition) is 4. The molecular weight excluding hydrogens is 437 g/mol. The van der Waals surface area contributed by atoms with Crippen molar-refractivity contribution >= 4 is 23.2 Å². The number of carbonyl (C=O) groups excluding carboxylic acids is 2. The second-order valence-electron chi connectivity index (χ2n) is 9.09. The van der Waals surface area contributed by atoms with Crippen LogP contribution < -0.4 is 5.32 Å². The van der Waals surface area contributed by atoms with E-state index in [2.05, 4.69) is 16.4 Å². The fourth-order valence-corrected chi connectivity index (χ4v) is 5.81. The van der Waals surface area contributed by atoms with Crippen LogP contribution in [0.4, 0.5) is 4.39 Å². The van der Waals surface area contributed by atoms with Gasteiger partial charge in [-0.25, -0.2) is 9.37 Å². The first-order valence-corrected chi connectivity index (χ1v) is 12.0. The van der Waals surface area contributed by atoms with Gasteiger partial charge >= 0.3 is 0 Å². The van der Waals surface area contributed by atoms with Crippen LogP contribution in [0, 0.1) is 38.4 Å². The van der Waals surface area contributed by atoms with Crippen LogP contribution in [0.15, 0.2) is 42.5 Å². The zero-order valence-corrected chi connectivity index (χ0v) is 19.7. The number of halogens is 1. The van der Waals surface area contributed by atoms with Gasteiger partial charge in [0.1, 0.15) is 11.5 Å². The summed E-state index contributed by atoms with van der Waals surface area (Å²) in [7, 11) is 0. The number of hydrogen-bond donors (Lipinski definition) is 1. The van der Waals surface area contributed by atoms with Crippen LogP contribution in [0.25, 0.3) is 10.4 Å². The highest BCUT2D eigenvalue weighted by molar-refractivity contribution is 7.15. The Labute approximate surface area is 196 Å². The number of thiazole rings is 1. The van der Waals surface area contributed by atoms with Crippen LogP contribution in [0.2, 0.25) is 0 Å². The SMILES string of the molecule is Cc1cccc(-c2sc(C)nc2C(=O)N2C[C@H]3C[C@H]3[C@H]2CNC(=O)c2cccc(F)c2C)c1. The molecule has 0 spiro atoms. The van der Waals surface area contributed by atoms with Crippen molar-refractivity contribution in [1.29, 1.82) is 0 Å². The third kappa shape index (κ3) is 4.06. The minimum Gasteiger partial charge on any atom is -0.350 e. The maximum atomic E-state index is 13.9. The highest BCUT2D eigenvalue weighted by Gasteiger charge is 2.54. The molecule has 7 heteroatoms. The van der Waals surface area contributed by atoms with E-state index in [0.29, 0.717) is 41.7 Å². The van der Waals surface area contributed by atoms with Gasteiger partial charge in [-0.1, -0.05) is 35.9 Å². The number of likely N-dealkylation sites (tertiary alicyclic amines) is 1. The number of benzene rings is 2. The molecule has 2 aliphatic rings. The van der Waals surface area contributed by atoms with E-state index in [1.54, 1.807) is 13.0 Å². The van der Waals surface area contributed by atoms with Gasteiger partial charge in [0.2, 0.25) is 0 Å². The Morgan fingerprint density at radius 3 is 2.76 bits per heavy atom. The first kappa shape index (κ1) is 21.8. The Kier molecular flexibility index (Phi) is 5.52. The van der Waals surface area contributed by atoms with E-state index < -0.39 is 5.82 Å². The molecule has 1 saturated heterocycles. The van der Waals surface area contributed by atoms with Gasteiger partial charge in [-0.15, -0.1) is 11.3 Å². The van der Waals surface area contributed by atoms with Gasteiger partial charge in [0.05, 0.1) is 15.9 Å². The molecule has 0 radical (unpaired) electrons. The van der Waals surface area contributed by atoms with E-state index in [1.807, 2.05) is 36.9 Å². The van der Waals surface area contributed by atoms with Gasteiger partial charge < -0.3 is 10.2 Å². The smallest absolute Gasteiger partial charge is 0.274 e. The number of aromatic nitrogens is 1. The van der Waals surface area contributed by atoms with E-state index in [1.165, 1.54) is 23.5 Å². The lowest BCUT2D eigenvalue weighted by atomic mass is 10.1. The molecule has 3 aromatic rings. The summed E-state index contributed by atoms with van der Waals surface area (Å²) >= 11 is 1.53. The first-order chi connectivity index (χ1) is 15.8. The topological polar surface area (TPSA) is 62.3 Å². The summed E-state index contributed by atoms with van der Waals surface area (Å²) in [6.07, 6.45) is 1.07. The summed E-state index contributed by atoms with van der Waals surface area (Å²) in [4.78, 5) is 33.7. The van der Waals surface area contributed by atoms with Gasteiger partial charge in [-0.2, -0.15) is 0 Å². The molecule has 1 N–H and O–H groups in total. The fraction of sp³-hybridized carbons (Fsp3) is 0.346. The minimum atomic E-state index is -0.398. The average molecular weight is 464 g/mol. The van der Waals surface area contributed by atoms with Crippen molar-refractivity contribution in [3.8, 4) is 10.4 Å². The number of piperidine rings is 1. The van der Waals surface area contributed by atoms with Crippen molar-refractivity contribution in [3.05, 3.63) is 75.7 Å². The summed E-state index contributed by atoms with van der Waals surface area (Å²) in [5.74, 6) is 0.0850. The summed E-state index contributed by atoms with van der Waals surface area (Å²) < 4.78 is 13.9. The van der Waals surface area contributed by atoms with Crippen LogP contribution in [0.3, 0.4) is 0 Å². The maximum Gasteiger partial charge on any atom is 0.274 e. The van der Waals surface area contributed by atoms with Crippen LogP contribution in [0.1, 0.15) is 43.4 Å². The number of aryl methyl sites for hydroxylation is 2. The summed E-state index contributed by atoms with van der Waals surface area (Å²) in [6, 6.07) is 12.5. The molecule has 1 aliphatic heterocycles. The third-order valence-corrected chi connectivity index (χ3v) is 7.78. The molecule has 3 atom stereocenters. The molecular formula is C26H26FN3O2S. The Bertz CT molecular complexity index is 1250. The van der Waals surface area contributed by atoms with Crippen molar-refractivity contribution in [2.45, 2.75) is 33.2 Å². The zero-order chi connectivity index (χ0) is 23.3. The van der Waals surface area contributed by atoms with E-state index in [-0.39, 0.29) is 17.9 Å². The lowest BCUT2D eigenvalue weighted by Gasteiger charge is -2.27. The highest BCUT2D eigenvalue weighted by atomic mass is 32.1. The molecule has 33 heavy (non-hydrogen) atoms. The van der Waals surface area contributed by atoms with Crippen LogP contribution in [-0.2, 0) is 0 Å². The highest BCUT2D eigenvalue weighted by Crippen LogP contribution is 2.50. The van der Waals surface area contributed by atoms with Crippen LogP contribution in [0.5, 0.6) is 0 Å². The predicted octanol–water partition coefficient (Wildman–Crippen LogP) is 4.76. The second kappa shape index (κ2) is 8.37. The second-order valence-corrected chi connectivity index (χ2v) is 10.3. The standard InChI is InChI=1S/C26H26FN3O2S/c1-14-6-4-7-17(10-14)24-23(29-16(3)33-24)26(32)30-13-18-11-20(18)22(30)12-28-25(31)19-8-5-9-21(27)15(19)2/h4-10,18,20,22H,11-13H2,1-3H3,(H,28,31)/t18-,20-,22-/m1/s1. The molecule has 2 fully saturated rings. The van der Waals surface area contributed by atoms with Crippen molar-refractivity contribution in [2.24, 2.45) is 11.8 Å². The van der Waals surface area contributed by atoms with Crippen molar-refractivity contribution < 1.29 is 14.0 Å². The number of nitrogens with one attached hydrogen (secondary N) is 1. The molecule has 0 unspecified atom stereocenters. The maximum absolute atomic E-state index is 13.9. The molecule has 1 aromatic heterocycles.